The van der Waals surface area contributed by atoms with Crippen molar-refractivity contribution in [2.24, 2.45) is 0 Å². The van der Waals surface area contributed by atoms with E-state index in [9.17, 15) is 18.0 Å². The number of hydrogen-bond donors (Lipinski definition) is 2. The van der Waals surface area contributed by atoms with Gasteiger partial charge in [0.1, 0.15) is 6.61 Å². The highest BCUT2D eigenvalue weighted by atomic mass is 79.9. The smallest absolute Gasteiger partial charge is 0.399 e. The molecule has 1 aromatic carbocycles. The Morgan fingerprint density at radius 3 is 2.63 bits per heavy atom. The number of alkyl halides is 3. The average molecular weight is 341 g/mol. The van der Waals surface area contributed by atoms with E-state index in [0.29, 0.717) is 15.7 Å². The fraction of sp³-hybridized carbons (Fsp3) is 0.364. The standard InChI is InChI=1S/C11H12BrF3N2O2/c12-8-3-7(4-9(16)5-8)10(18)17-1-2-19-6-11(13,14)15/h3-5H,1-2,6,16H2,(H,17,18). The summed E-state index contributed by atoms with van der Waals surface area (Å²) in [7, 11) is 0. The molecule has 0 atom stereocenters. The zero-order valence-corrected chi connectivity index (χ0v) is 11.3. The zero-order valence-electron chi connectivity index (χ0n) is 9.76. The van der Waals surface area contributed by atoms with Crippen molar-refractivity contribution in [2.45, 2.75) is 6.18 Å². The summed E-state index contributed by atoms with van der Waals surface area (Å²) in [4.78, 5) is 11.6. The molecule has 0 heterocycles. The van der Waals surface area contributed by atoms with Crippen LogP contribution in [0.5, 0.6) is 0 Å². The number of hydrogen-bond acceptors (Lipinski definition) is 3. The van der Waals surface area contributed by atoms with Gasteiger partial charge in [-0.1, -0.05) is 15.9 Å². The zero-order chi connectivity index (χ0) is 14.5. The van der Waals surface area contributed by atoms with Crippen molar-refractivity contribution in [2.75, 3.05) is 25.5 Å². The van der Waals surface area contributed by atoms with Crippen molar-refractivity contribution in [3.63, 3.8) is 0 Å². The first kappa shape index (κ1) is 15.8. The van der Waals surface area contributed by atoms with Crippen molar-refractivity contribution in [3.8, 4) is 0 Å². The summed E-state index contributed by atoms with van der Waals surface area (Å²) in [5, 5.41) is 2.43. The van der Waals surface area contributed by atoms with E-state index < -0.39 is 18.7 Å². The Morgan fingerprint density at radius 2 is 2.05 bits per heavy atom. The molecule has 106 valence electrons. The first-order chi connectivity index (χ1) is 8.78. The van der Waals surface area contributed by atoms with Crippen LogP contribution in [0.15, 0.2) is 22.7 Å². The van der Waals surface area contributed by atoms with Gasteiger partial charge in [0.15, 0.2) is 0 Å². The predicted molar refractivity (Wildman–Crippen MR) is 67.8 cm³/mol. The van der Waals surface area contributed by atoms with E-state index in [1.165, 1.54) is 6.07 Å². The molecule has 19 heavy (non-hydrogen) atoms. The van der Waals surface area contributed by atoms with Crippen LogP contribution in [0.2, 0.25) is 0 Å². The maximum atomic E-state index is 11.8. The highest BCUT2D eigenvalue weighted by Gasteiger charge is 2.27. The normalized spacial score (nSPS) is 11.4. The highest BCUT2D eigenvalue weighted by Crippen LogP contribution is 2.17. The van der Waals surface area contributed by atoms with E-state index >= 15 is 0 Å². The number of benzene rings is 1. The third kappa shape index (κ3) is 6.44. The number of rotatable bonds is 5. The minimum Gasteiger partial charge on any atom is -0.399 e. The summed E-state index contributed by atoms with van der Waals surface area (Å²) >= 11 is 3.19. The van der Waals surface area contributed by atoms with Gasteiger partial charge < -0.3 is 15.8 Å². The first-order valence-electron chi connectivity index (χ1n) is 5.27. The van der Waals surface area contributed by atoms with Gasteiger partial charge in [0.25, 0.3) is 5.91 Å². The van der Waals surface area contributed by atoms with Gasteiger partial charge in [0, 0.05) is 22.3 Å². The van der Waals surface area contributed by atoms with Gasteiger partial charge in [-0.15, -0.1) is 0 Å². The third-order valence-corrected chi connectivity index (χ3v) is 2.44. The molecule has 0 unspecified atom stereocenters. The molecule has 0 aliphatic heterocycles. The molecule has 1 rings (SSSR count). The Bertz CT molecular complexity index is 432. The maximum Gasteiger partial charge on any atom is 0.411 e. The second-order valence-electron chi connectivity index (χ2n) is 3.70. The molecule has 1 amide bonds. The minimum absolute atomic E-state index is 0.0126. The highest BCUT2D eigenvalue weighted by molar-refractivity contribution is 9.10. The average Bonchev–Trinajstić information content (AvgIpc) is 2.25. The van der Waals surface area contributed by atoms with Crippen LogP contribution in [0.25, 0.3) is 0 Å². The van der Waals surface area contributed by atoms with Crippen LogP contribution in [0.4, 0.5) is 18.9 Å². The second kappa shape index (κ2) is 6.76. The molecule has 0 aliphatic rings. The fourth-order valence-electron chi connectivity index (χ4n) is 1.27. The van der Waals surface area contributed by atoms with E-state index in [0.717, 1.165) is 0 Å². The van der Waals surface area contributed by atoms with Crippen molar-refractivity contribution in [1.82, 2.24) is 5.32 Å². The summed E-state index contributed by atoms with van der Waals surface area (Å²) in [5.74, 6) is -0.427. The number of ether oxygens (including phenoxy) is 1. The number of nitrogen functional groups attached to an aromatic ring is 1. The monoisotopic (exact) mass is 340 g/mol. The quantitative estimate of drug-likeness (QED) is 0.638. The lowest BCUT2D eigenvalue weighted by Gasteiger charge is -2.09. The topological polar surface area (TPSA) is 64.4 Å². The van der Waals surface area contributed by atoms with Crippen molar-refractivity contribution < 1.29 is 22.7 Å². The second-order valence-corrected chi connectivity index (χ2v) is 4.61. The van der Waals surface area contributed by atoms with Crippen molar-refractivity contribution in [1.29, 1.82) is 0 Å². The lowest BCUT2D eigenvalue weighted by molar-refractivity contribution is -0.173. The SMILES string of the molecule is Nc1cc(Br)cc(C(=O)NCCOCC(F)(F)F)c1. The van der Waals surface area contributed by atoms with Crippen molar-refractivity contribution >= 4 is 27.5 Å². The molecule has 0 saturated carbocycles. The molecule has 1 aromatic rings. The van der Waals surface area contributed by atoms with E-state index in [4.69, 9.17) is 5.73 Å². The van der Waals surface area contributed by atoms with Crippen LogP contribution in [-0.4, -0.2) is 31.8 Å². The van der Waals surface area contributed by atoms with E-state index in [2.05, 4.69) is 26.0 Å². The summed E-state index contributed by atoms with van der Waals surface area (Å²) in [6.45, 7) is -1.55. The van der Waals surface area contributed by atoms with Crippen LogP contribution in [-0.2, 0) is 4.74 Å². The Morgan fingerprint density at radius 1 is 1.37 bits per heavy atom. The molecule has 0 bridgehead atoms. The molecule has 0 aliphatic carbocycles. The molecule has 4 nitrogen and oxygen atoms in total. The van der Waals surface area contributed by atoms with Gasteiger partial charge in [-0.3, -0.25) is 4.79 Å². The number of anilines is 1. The van der Waals surface area contributed by atoms with Gasteiger partial charge >= 0.3 is 6.18 Å². The number of nitrogens with one attached hydrogen (secondary N) is 1. The number of amides is 1. The fourth-order valence-corrected chi connectivity index (χ4v) is 1.78. The van der Waals surface area contributed by atoms with Crippen molar-refractivity contribution in [3.05, 3.63) is 28.2 Å². The molecule has 3 N–H and O–H groups in total. The van der Waals surface area contributed by atoms with Gasteiger partial charge in [-0.2, -0.15) is 13.2 Å². The van der Waals surface area contributed by atoms with Gasteiger partial charge in [0.2, 0.25) is 0 Å². The summed E-state index contributed by atoms with van der Waals surface area (Å²) in [6.07, 6.45) is -4.36. The summed E-state index contributed by atoms with van der Waals surface area (Å²) in [6, 6.07) is 4.65. The Hall–Kier alpha value is -1.28. The molecule has 8 heteroatoms. The lowest BCUT2D eigenvalue weighted by atomic mass is 10.2. The Labute approximate surface area is 116 Å². The largest absolute Gasteiger partial charge is 0.411 e. The molecule has 0 saturated heterocycles. The predicted octanol–water partition coefficient (Wildman–Crippen LogP) is 2.34. The Balaban J connectivity index is 2.35. The van der Waals surface area contributed by atoms with Crippen LogP contribution >= 0.6 is 15.9 Å². The number of carbonyl (C=O) groups excluding carboxylic acids is 1. The maximum absolute atomic E-state index is 11.8. The number of halogens is 4. The summed E-state index contributed by atoms with van der Waals surface area (Å²) in [5.41, 5.74) is 6.29. The lowest BCUT2D eigenvalue weighted by Crippen LogP contribution is -2.28. The van der Waals surface area contributed by atoms with Crippen LogP contribution < -0.4 is 11.1 Å². The third-order valence-electron chi connectivity index (χ3n) is 1.98. The Kier molecular flexibility index (Phi) is 5.61. The van der Waals surface area contributed by atoms with E-state index in [1.54, 1.807) is 12.1 Å². The van der Waals surface area contributed by atoms with Gasteiger partial charge in [-0.05, 0) is 18.2 Å². The first-order valence-corrected chi connectivity index (χ1v) is 6.06. The van der Waals surface area contributed by atoms with Gasteiger partial charge in [-0.25, -0.2) is 0 Å². The van der Waals surface area contributed by atoms with Crippen LogP contribution in [0.3, 0.4) is 0 Å². The number of carbonyl (C=O) groups is 1. The molecule has 0 fully saturated rings. The summed E-state index contributed by atoms with van der Waals surface area (Å²) < 4.78 is 40.3. The molecule has 0 spiro atoms. The molecule has 0 radical (unpaired) electrons. The molecular formula is C11H12BrF3N2O2. The van der Waals surface area contributed by atoms with Gasteiger partial charge in [0.05, 0.1) is 6.61 Å². The van der Waals surface area contributed by atoms with Crippen LogP contribution in [0, 0.1) is 0 Å². The van der Waals surface area contributed by atoms with Crippen LogP contribution in [0.1, 0.15) is 10.4 Å². The molecule has 0 aromatic heterocycles. The van der Waals surface area contributed by atoms with E-state index in [-0.39, 0.29) is 13.2 Å². The molecular weight excluding hydrogens is 329 g/mol. The number of nitrogens with two attached hydrogens (primary N) is 1. The minimum atomic E-state index is -4.36. The van der Waals surface area contributed by atoms with E-state index in [1.807, 2.05) is 0 Å².